The second-order valence-corrected chi connectivity index (χ2v) is 6.60. The summed E-state index contributed by atoms with van der Waals surface area (Å²) >= 11 is 0. The number of benzene rings is 2. The number of halogens is 1. The zero-order valence-corrected chi connectivity index (χ0v) is 16.1. The Bertz CT molecular complexity index is 1150. The van der Waals surface area contributed by atoms with Crippen molar-refractivity contribution in [3.63, 3.8) is 0 Å². The maximum Gasteiger partial charge on any atom is 0.278 e. The van der Waals surface area contributed by atoms with Crippen LogP contribution < -0.4 is 10.1 Å². The Kier molecular flexibility index (Phi) is 5.26. The van der Waals surface area contributed by atoms with Gasteiger partial charge in [-0.25, -0.2) is 4.39 Å². The summed E-state index contributed by atoms with van der Waals surface area (Å²) in [4.78, 5) is 31.8. The van der Waals surface area contributed by atoms with Crippen LogP contribution in [0, 0.1) is 5.82 Å². The van der Waals surface area contributed by atoms with Crippen LogP contribution in [0.5, 0.6) is 5.75 Å². The number of para-hydroxylation sites is 1. The number of rotatable bonds is 6. The second-order valence-electron chi connectivity index (χ2n) is 6.60. The number of hydrogen-bond acceptors (Lipinski definition) is 5. The topological polar surface area (TPSA) is 71.5 Å². The molecule has 3 aromatic rings. The maximum absolute atomic E-state index is 13.7. The molecule has 1 aliphatic heterocycles. The molecule has 1 aliphatic rings. The molecule has 0 spiro atoms. The molecule has 4 rings (SSSR count). The number of nitrogens with one attached hydrogen (secondary N) is 1. The minimum absolute atomic E-state index is 0.0193. The Balaban J connectivity index is 1.79. The molecule has 7 heteroatoms. The van der Waals surface area contributed by atoms with Gasteiger partial charge < -0.3 is 10.1 Å². The van der Waals surface area contributed by atoms with E-state index in [1.165, 1.54) is 25.3 Å². The van der Waals surface area contributed by atoms with Gasteiger partial charge in [0.2, 0.25) is 0 Å². The molecule has 30 heavy (non-hydrogen) atoms. The van der Waals surface area contributed by atoms with Gasteiger partial charge in [0.15, 0.2) is 0 Å². The van der Waals surface area contributed by atoms with Crippen molar-refractivity contribution in [1.82, 2.24) is 9.88 Å². The van der Waals surface area contributed by atoms with Gasteiger partial charge >= 0.3 is 0 Å². The molecule has 2 heterocycles. The van der Waals surface area contributed by atoms with Crippen molar-refractivity contribution in [3.8, 4) is 5.75 Å². The van der Waals surface area contributed by atoms with Crippen molar-refractivity contribution >= 4 is 23.1 Å². The zero-order valence-electron chi connectivity index (χ0n) is 16.1. The molecule has 0 aliphatic carbocycles. The standard InChI is InChI=1S/C23H18FN3O3/c1-30-19-11-3-2-10-18(19)20-21(26-16-9-6-7-15(24)13-16)23(29)27(22(20)28)14-17-8-4-5-12-25-17/h2-13,26H,14H2,1H3. The van der Waals surface area contributed by atoms with Crippen molar-refractivity contribution in [3.05, 3.63) is 95.7 Å². The molecule has 6 nitrogen and oxygen atoms in total. The van der Waals surface area contributed by atoms with E-state index in [2.05, 4.69) is 10.3 Å². The molecule has 0 saturated heterocycles. The van der Waals surface area contributed by atoms with Crippen LogP contribution in [0.4, 0.5) is 10.1 Å². The normalized spacial score (nSPS) is 13.7. The molecular weight excluding hydrogens is 385 g/mol. The van der Waals surface area contributed by atoms with Crippen LogP contribution in [0.3, 0.4) is 0 Å². The summed E-state index contributed by atoms with van der Waals surface area (Å²) in [5.74, 6) is -1.00. The Labute approximate surface area is 172 Å². The van der Waals surface area contributed by atoms with Crippen molar-refractivity contribution in [1.29, 1.82) is 0 Å². The lowest BCUT2D eigenvalue weighted by Crippen LogP contribution is -2.32. The number of amides is 2. The lowest BCUT2D eigenvalue weighted by Gasteiger charge is -2.15. The van der Waals surface area contributed by atoms with Crippen molar-refractivity contribution in [2.75, 3.05) is 12.4 Å². The van der Waals surface area contributed by atoms with Gasteiger partial charge in [-0.05, 0) is 36.4 Å². The number of ether oxygens (including phenoxy) is 1. The molecule has 0 saturated carbocycles. The number of pyridine rings is 1. The molecule has 2 aromatic carbocycles. The summed E-state index contributed by atoms with van der Waals surface area (Å²) in [6.45, 7) is 0.0193. The van der Waals surface area contributed by atoms with Crippen LogP contribution in [0.2, 0.25) is 0 Å². The van der Waals surface area contributed by atoms with Crippen molar-refractivity contribution in [2.24, 2.45) is 0 Å². The van der Waals surface area contributed by atoms with Crippen molar-refractivity contribution in [2.45, 2.75) is 6.54 Å². The molecule has 1 aromatic heterocycles. The molecule has 0 atom stereocenters. The summed E-state index contributed by atoms with van der Waals surface area (Å²) < 4.78 is 19.1. The van der Waals surface area contributed by atoms with E-state index in [9.17, 15) is 14.0 Å². The van der Waals surface area contributed by atoms with E-state index >= 15 is 0 Å². The number of carbonyl (C=O) groups is 2. The zero-order chi connectivity index (χ0) is 21.1. The van der Waals surface area contributed by atoms with E-state index in [-0.39, 0.29) is 17.8 Å². The SMILES string of the molecule is COc1ccccc1C1=C(Nc2cccc(F)c2)C(=O)N(Cc2ccccn2)C1=O. The third-order valence-electron chi connectivity index (χ3n) is 4.68. The smallest absolute Gasteiger partial charge is 0.278 e. The molecule has 0 fully saturated rings. The van der Waals surface area contributed by atoms with E-state index < -0.39 is 17.6 Å². The lowest BCUT2D eigenvalue weighted by molar-refractivity contribution is -0.137. The van der Waals surface area contributed by atoms with Crippen molar-refractivity contribution < 1.29 is 18.7 Å². The average Bonchev–Trinajstić information content (AvgIpc) is 2.98. The highest BCUT2D eigenvalue weighted by molar-refractivity contribution is 6.36. The number of methoxy groups -OCH3 is 1. The monoisotopic (exact) mass is 403 g/mol. The van der Waals surface area contributed by atoms with Gasteiger partial charge in [0.05, 0.1) is 24.9 Å². The van der Waals surface area contributed by atoms with Gasteiger partial charge in [-0.3, -0.25) is 19.5 Å². The minimum Gasteiger partial charge on any atom is -0.496 e. The first-order valence-corrected chi connectivity index (χ1v) is 9.25. The van der Waals surface area contributed by atoms with Crippen LogP contribution in [0.15, 0.2) is 78.6 Å². The van der Waals surface area contributed by atoms with E-state index in [0.29, 0.717) is 22.7 Å². The molecule has 1 N–H and O–H groups in total. The lowest BCUT2D eigenvalue weighted by atomic mass is 10.0. The number of carbonyl (C=O) groups excluding carboxylic acids is 2. The van der Waals surface area contributed by atoms with Gasteiger partial charge in [0.1, 0.15) is 17.3 Å². The summed E-state index contributed by atoms with van der Waals surface area (Å²) in [6, 6.07) is 17.9. The van der Waals surface area contributed by atoms with E-state index in [0.717, 1.165) is 4.90 Å². The van der Waals surface area contributed by atoms with Gasteiger partial charge in [0, 0.05) is 17.4 Å². The second kappa shape index (κ2) is 8.16. The number of aromatic nitrogens is 1. The first-order valence-electron chi connectivity index (χ1n) is 9.25. The number of anilines is 1. The largest absolute Gasteiger partial charge is 0.496 e. The first-order chi connectivity index (χ1) is 14.6. The Hall–Kier alpha value is -4.00. The predicted octanol–water partition coefficient (Wildman–Crippen LogP) is 3.62. The molecular formula is C23H18FN3O3. The first kappa shape index (κ1) is 19.3. The maximum atomic E-state index is 13.7. The van der Waals surface area contributed by atoms with Gasteiger partial charge in [0.25, 0.3) is 11.8 Å². The fraction of sp³-hybridized carbons (Fsp3) is 0.0870. The third kappa shape index (κ3) is 3.65. The molecule has 150 valence electrons. The van der Waals surface area contributed by atoms with Gasteiger partial charge in [-0.2, -0.15) is 0 Å². The highest BCUT2D eigenvalue weighted by atomic mass is 19.1. The summed E-state index contributed by atoms with van der Waals surface area (Å²) in [7, 11) is 1.49. The van der Waals surface area contributed by atoms with Gasteiger partial charge in [-0.1, -0.05) is 30.3 Å². The third-order valence-corrected chi connectivity index (χ3v) is 4.68. The van der Waals surface area contributed by atoms with Crippen LogP contribution in [-0.4, -0.2) is 28.8 Å². The summed E-state index contributed by atoms with van der Waals surface area (Å²) in [5, 5.41) is 2.93. The summed E-state index contributed by atoms with van der Waals surface area (Å²) in [6.07, 6.45) is 1.60. The number of nitrogens with zero attached hydrogens (tertiary/aromatic N) is 2. The molecule has 0 bridgehead atoms. The van der Waals surface area contributed by atoms with Crippen LogP contribution in [-0.2, 0) is 16.1 Å². The average molecular weight is 403 g/mol. The Morgan fingerprint density at radius 2 is 1.80 bits per heavy atom. The van der Waals surface area contributed by atoms with E-state index in [1.54, 1.807) is 54.7 Å². The molecule has 0 unspecified atom stereocenters. The fourth-order valence-electron chi connectivity index (χ4n) is 3.30. The van der Waals surface area contributed by atoms with Crippen LogP contribution in [0.25, 0.3) is 5.57 Å². The molecule has 0 radical (unpaired) electrons. The Morgan fingerprint density at radius 3 is 2.53 bits per heavy atom. The highest BCUT2D eigenvalue weighted by Gasteiger charge is 2.40. The van der Waals surface area contributed by atoms with E-state index in [1.807, 2.05) is 0 Å². The minimum atomic E-state index is -0.518. The fourth-order valence-corrected chi connectivity index (χ4v) is 3.30. The molecule has 2 amide bonds. The van der Waals surface area contributed by atoms with Crippen LogP contribution in [0.1, 0.15) is 11.3 Å². The van der Waals surface area contributed by atoms with Gasteiger partial charge in [-0.15, -0.1) is 0 Å². The number of hydrogen-bond donors (Lipinski definition) is 1. The van der Waals surface area contributed by atoms with E-state index in [4.69, 9.17) is 4.74 Å². The predicted molar refractivity (Wildman–Crippen MR) is 110 cm³/mol. The quantitative estimate of drug-likeness (QED) is 0.637. The Morgan fingerprint density at radius 1 is 1.00 bits per heavy atom. The summed E-state index contributed by atoms with van der Waals surface area (Å²) in [5.41, 5.74) is 1.63. The van der Waals surface area contributed by atoms with Crippen LogP contribution >= 0.6 is 0 Å². The number of imide groups is 1. The highest BCUT2D eigenvalue weighted by Crippen LogP contribution is 2.35.